The lowest BCUT2D eigenvalue weighted by atomic mass is 10.1. The van der Waals surface area contributed by atoms with Crippen LogP contribution in [0.15, 0.2) is 59.6 Å². The van der Waals surface area contributed by atoms with Gasteiger partial charge in [0.05, 0.1) is 6.54 Å². The minimum absolute atomic E-state index is 0. The highest BCUT2D eigenvalue weighted by atomic mass is 127. The number of nitrogens with two attached hydrogens (primary N) is 1. The van der Waals surface area contributed by atoms with E-state index < -0.39 is 0 Å². The monoisotopic (exact) mass is 464 g/mol. The first-order chi connectivity index (χ1) is 12.3. The molecular formula is C21H29IN4. The van der Waals surface area contributed by atoms with Crippen LogP contribution in [0.25, 0.3) is 0 Å². The van der Waals surface area contributed by atoms with Crippen molar-refractivity contribution in [2.45, 2.75) is 32.4 Å². The Morgan fingerprint density at radius 3 is 2.27 bits per heavy atom. The number of nitrogens with zero attached hydrogens (tertiary/aromatic N) is 2. The first-order valence-corrected chi connectivity index (χ1v) is 9.17. The van der Waals surface area contributed by atoms with Crippen molar-refractivity contribution in [3.8, 4) is 0 Å². The molecule has 3 rings (SSSR count). The van der Waals surface area contributed by atoms with Crippen molar-refractivity contribution in [2.75, 3.05) is 19.6 Å². The first-order valence-electron chi connectivity index (χ1n) is 9.17. The molecular weight excluding hydrogens is 435 g/mol. The third-order valence-electron chi connectivity index (χ3n) is 4.62. The minimum atomic E-state index is 0. The molecule has 1 saturated heterocycles. The molecule has 4 nitrogen and oxygen atoms in total. The summed E-state index contributed by atoms with van der Waals surface area (Å²) in [5.74, 6) is 0.511. The maximum atomic E-state index is 5.96. The van der Waals surface area contributed by atoms with Gasteiger partial charge in [-0.3, -0.25) is 4.90 Å². The lowest BCUT2D eigenvalue weighted by Crippen LogP contribution is -2.33. The van der Waals surface area contributed by atoms with E-state index in [0.29, 0.717) is 12.5 Å². The van der Waals surface area contributed by atoms with Crippen molar-refractivity contribution in [1.29, 1.82) is 0 Å². The predicted molar refractivity (Wildman–Crippen MR) is 120 cm³/mol. The van der Waals surface area contributed by atoms with E-state index >= 15 is 0 Å². The summed E-state index contributed by atoms with van der Waals surface area (Å²) in [5, 5.41) is 3.18. The number of rotatable bonds is 7. The highest BCUT2D eigenvalue weighted by molar-refractivity contribution is 14.0. The molecule has 0 bridgehead atoms. The van der Waals surface area contributed by atoms with Crippen LogP contribution in [0.3, 0.4) is 0 Å². The molecule has 0 unspecified atom stereocenters. The standard InChI is InChI=1S/C21H28N4.HI/c22-21(23-13-12-18-6-2-1-3-7-18)24-16-19-8-10-20(11-9-19)17-25-14-4-5-15-25;/h1-3,6-11H,4-5,12-17H2,(H3,22,23,24);1H. The smallest absolute Gasteiger partial charge is 0.188 e. The summed E-state index contributed by atoms with van der Waals surface area (Å²) >= 11 is 0. The number of benzene rings is 2. The van der Waals surface area contributed by atoms with E-state index in [-0.39, 0.29) is 24.0 Å². The van der Waals surface area contributed by atoms with Crippen LogP contribution in [0.1, 0.15) is 29.5 Å². The summed E-state index contributed by atoms with van der Waals surface area (Å²) < 4.78 is 0. The summed E-state index contributed by atoms with van der Waals surface area (Å²) in [5.41, 5.74) is 9.83. The second-order valence-electron chi connectivity index (χ2n) is 6.66. The van der Waals surface area contributed by atoms with Crippen molar-refractivity contribution in [3.63, 3.8) is 0 Å². The van der Waals surface area contributed by atoms with Gasteiger partial charge in [0.15, 0.2) is 5.96 Å². The van der Waals surface area contributed by atoms with Gasteiger partial charge in [-0.2, -0.15) is 0 Å². The highest BCUT2D eigenvalue weighted by Gasteiger charge is 2.11. The third kappa shape index (κ3) is 6.96. The Bertz CT molecular complexity index is 664. The van der Waals surface area contributed by atoms with Gasteiger partial charge in [-0.05, 0) is 49.0 Å². The number of aliphatic imine (C=N–C) groups is 1. The molecule has 0 aliphatic carbocycles. The van der Waals surface area contributed by atoms with Crippen molar-refractivity contribution < 1.29 is 0 Å². The van der Waals surface area contributed by atoms with Gasteiger partial charge < -0.3 is 11.1 Å². The molecule has 140 valence electrons. The molecule has 5 heteroatoms. The van der Waals surface area contributed by atoms with Gasteiger partial charge in [0.25, 0.3) is 0 Å². The van der Waals surface area contributed by atoms with E-state index in [2.05, 4.69) is 63.7 Å². The molecule has 1 fully saturated rings. The molecule has 2 aromatic rings. The molecule has 0 saturated carbocycles. The van der Waals surface area contributed by atoms with E-state index in [1.807, 2.05) is 6.07 Å². The molecule has 0 aromatic heterocycles. The number of nitrogens with one attached hydrogen (secondary N) is 1. The van der Waals surface area contributed by atoms with Crippen molar-refractivity contribution in [1.82, 2.24) is 10.2 Å². The van der Waals surface area contributed by atoms with Crippen LogP contribution in [-0.4, -0.2) is 30.5 Å². The Morgan fingerprint density at radius 2 is 1.58 bits per heavy atom. The fourth-order valence-electron chi connectivity index (χ4n) is 3.16. The van der Waals surface area contributed by atoms with Gasteiger partial charge >= 0.3 is 0 Å². The number of halogens is 1. The topological polar surface area (TPSA) is 53.6 Å². The van der Waals surface area contributed by atoms with Gasteiger partial charge in [0.1, 0.15) is 0 Å². The van der Waals surface area contributed by atoms with Crippen LogP contribution >= 0.6 is 24.0 Å². The number of hydrogen-bond donors (Lipinski definition) is 2. The molecule has 1 aliphatic heterocycles. The van der Waals surface area contributed by atoms with Crippen LogP contribution in [0.5, 0.6) is 0 Å². The molecule has 1 aliphatic rings. The lowest BCUT2D eigenvalue weighted by Gasteiger charge is -2.14. The first kappa shape index (κ1) is 20.7. The normalized spacial score (nSPS) is 14.8. The average Bonchev–Trinajstić information content (AvgIpc) is 3.15. The second kappa shape index (κ2) is 11.2. The van der Waals surface area contributed by atoms with Gasteiger partial charge in [-0.1, -0.05) is 54.6 Å². The van der Waals surface area contributed by atoms with Gasteiger partial charge in [-0.25, -0.2) is 4.99 Å². The van der Waals surface area contributed by atoms with Crippen LogP contribution in [-0.2, 0) is 19.5 Å². The minimum Gasteiger partial charge on any atom is -0.370 e. The third-order valence-corrected chi connectivity index (χ3v) is 4.62. The molecule has 3 N–H and O–H groups in total. The van der Waals surface area contributed by atoms with Crippen molar-refractivity contribution >= 4 is 29.9 Å². The van der Waals surface area contributed by atoms with Crippen molar-refractivity contribution in [3.05, 3.63) is 71.3 Å². The highest BCUT2D eigenvalue weighted by Crippen LogP contribution is 2.13. The van der Waals surface area contributed by atoms with E-state index in [1.165, 1.54) is 42.6 Å². The van der Waals surface area contributed by atoms with Gasteiger partial charge in [0, 0.05) is 13.1 Å². The zero-order chi connectivity index (χ0) is 17.3. The summed E-state index contributed by atoms with van der Waals surface area (Å²) in [6.07, 6.45) is 3.62. The number of guanidine groups is 1. The van der Waals surface area contributed by atoms with Crippen LogP contribution in [0.2, 0.25) is 0 Å². The Kier molecular flexibility index (Phi) is 8.91. The summed E-state index contributed by atoms with van der Waals surface area (Å²) in [4.78, 5) is 6.95. The summed E-state index contributed by atoms with van der Waals surface area (Å²) in [6, 6.07) is 19.1. The Morgan fingerprint density at radius 1 is 0.923 bits per heavy atom. The average molecular weight is 464 g/mol. The van der Waals surface area contributed by atoms with E-state index in [4.69, 9.17) is 5.73 Å². The fraction of sp³-hybridized carbons (Fsp3) is 0.381. The molecule has 0 amide bonds. The van der Waals surface area contributed by atoms with Crippen molar-refractivity contribution in [2.24, 2.45) is 10.7 Å². The quantitative estimate of drug-likeness (QED) is 0.375. The number of hydrogen-bond acceptors (Lipinski definition) is 2. The molecule has 26 heavy (non-hydrogen) atoms. The van der Waals surface area contributed by atoms with Gasteiger partial charge in [0.2, 0.25) is 0 Å². The molecule has 2 aromatic carbocycles. The summed E-state index contributed by atoms with van der Waals surface area (Å²) in [7, 11) is 0. The lowest BCUT2D eigenvalue weighted by molar-refractivity contribution is 0.331. The van der Waals surface area contributed by atoms with E-state index in [1.54, 1.807) is 0 Å². The Balaban J connectivity index is 0.00000243. The maximum Gasteiger partial charge on any atom is 0.188 e. The van der Waals surface area contributed by atoms with E-state index in [9.17, 15) is 0 Å². The zero-order valence-electron chi connectivity index (χ0n) is 15.2. The Labute approximate surface area is 173 Å². The molecule has 1 heterocycles. The van der Waals surface area contributed by atoms with Crippen LogP contribution < -0.4 is 11.1 Å². The maximum absolute atomic E-state index is 5.96. The van der Waals surface area contributed by atoms with E-state index in [0.717, 1.165) is 19.5 Å². The Hall–Kier alpha value is -1.60. The van der Waals surface area contributed by atoms with Crippen LogP contribution in [0, 0.1) is 0 Å². The number of likely N-dealkylation sites (tertiary alicyclic amines) is 1. The second-order valence-corrected chi connectivity index (χ2v) is 6.66. The van der Waals surface area contributed by atoms with Crippen LogP contribution in [0.4, 0.5) is 0 Å². The SMILES string of the molecule is I.NC(=NCc1ccc(CN2CCCC2)cc1)NCCc1ccccc1. The molecule has 0 radical (unpaired) electrons. The molecule has 0 atom stereocenters. The summed E-state index contributed by atoms with van der Waals surface area (Å²) in [6.45, 7) is 4.95. The molecule has 0 spiro atoms. The largest absolute Gasteiger partial charge is 0.370 e. The predicted octanol–water partition coefficient (Wildman–Crippen LogP) is 3.55. The van der Waals surface area contributed by atoms with Gasteiger partial charge in [-0.15, -0.1) is 24.0 Å². The zero-order valence-corrected chi connectivity index (χ0v) is 17.6. The fourth-order valence-corrected chi connectivity index (χ4v) is 3.16.